The van der Waals surface area contributed by atoms with E-state index in [-0.39, 0.29) is 17.4 Å². The number of para-hydroxylation sites is 1. The Hall–Kier alpha value is -3.21. The van der Waals surface area contributed by atoms with Crippen LogP contribution in [0.2, 0.25) is 0 Å². The van der Waals surface area contributed by atoms with E-state index in [4.69, 9.17) is 4.74 Å². The van der Waals surface area contributed by atoms with Gasteiger partial charge in [-0.25, -0.2) is 22.8 Å². The fraction of sp³-hybridized carbons (Fsp3) is 0.0588. The number of anilines is 1. The lowest BCUT2D eigenvalue weighted by Gasteiger charge is -2.14. The maximum Gasteiger partial charge on any atom is 0.417 e. The van der Waals surface area contributed by atoms with Crippen molar-refractivity contribution in [1.82, 2.24) is 9.97 Å². The monoisotopic (exact) mass is 413 g/mol. The number of hydrogen-bond acceptors (Lipinski definition) is 5. The topological polar surface area (TPSA) is 81.2 Å². The number of halogens is 4. The van der Waals surface area contributed by atoms with E-state index >= 15 is 0 Å². The van der Waals surface area contributed by atoms with Gasteiger partial charge in [-0.3, -0.25) is 4.72 Å². The van der Waals surface area contributed by atoms with Crippen molar-refractivity contribution in [2.24, 2.45) is 0 Å². The molecule has 0 unspecified atom stereocenters. The van der Waals surface area contributed by atoms with Gasteiger partial charge in [0.25, 0.3) is 10.0 Å². The number of alkyl halides is 3. The summed E-state index contributed by atoms with van der Waals surface area (Å²) in [6, 6.07) is 8.96. The van der Waals surface area contributed by atoms with E-state index in [1.165, 1.54) is 24.3 Å². The molecule has 3 rings (SSSR count). The number of ether oxygens (including phenoxy) is 1. The van der Waals surface area contributed by atoms with E-state index in [0.717, 1.165) is 30.6 Å². The maximum absolute atomic E-state index is 13.5. The normalized spacial score (nSPS) is 11.9. The van der Waals surface area contributed by atoms with Gasteiger partial charge in [0.15, 0.2) is 11.6 Å². The largest absolute Gasteiger partial charge is 0.421 e. The number of nitrogens with zero attached hydrogens (tertiary/aromatic N) is 2. The molecule has 0 atom stereocenters. The summed E-state index contributed by atoms with van der Waals surface area (Å²) in [7, 11) is -4.56. The second-order valence-corrected chi connectivity index (χ2v) is 7.04. The van der Waals surface area contributed by atoms with E-state index in [9.17, 15) is 26.0 Å². The van der Waals surface area contributed by atoms with Crippen molar-refractivity contribution in [3.05, 3.63) is 72.3 Å². The molecule has 3 aromatic rings. The fourth-order valence-electron chi connectivity index (χ4n) is 2.19. The second kappa shape index (κ2) is 7.43. The van der Waals surface area contributed by atoms with Crippen LogP contribution in [0.25, 0.3) is 0 Å². The van der Waals surface area contributed by atoms with Gasteiger partial charge in [-0.1, -0.05) is 24.3 Å². The summed E-state index contributed by atoms with van der Waals surface area (Å²) < 4.78 is 84.4. The number of benzene rings is 2. The molecule has 0 spiro atoms. The molecule has 1 N–H and O–H groups in total. The summed E-state index contributed by atoms with van der Waals surface area (Å²) >= 11 is 0. The van der Waals surface area contributed by atoms with Crippen LogP contribution in [0.15, 0.2) is 65.8 Å². The van der Waals surface area contributed by atoms with Crippen LogP contribution < -0.4 is 9.46 Å². The van der Waals surface area contributed by atoms with Gasteiger partial charge in [-0.15, -0.1) is 0 Å². The minimum Gasteiger partial charge on any atom is -0.421 e. The van der Waals surface area contributed by atoms with Crippen LogP contribution in [0.1, 0.15) is 5.56 Å². The molecule has 28 heavy (non-hydrogen) atoms. The first-order chi connectivity index (χ1) is 13.2. The Morgan fingerprint density at radius 2 is 1.54 bits per heavy atom. The van der Waals surface area contributed by atoms with Gasteiger partial charge < -0.3 is 4.74 Å². The van der Waals surface area contributed by atoms with Gasteiger partial charge in [-0.05, 0) is 24.3 Å². The van der Waals surface area contributed by atoms with E-state index in [1.807, 2.05) is 4.72 Å². The Balaban J connectivity index is 1.82. The van der Waals surface area contributed by atoms with Crippen molar-refractivity contribution in [2.45, 2.75) is 11.1 Å². The van der Waals surface area contributed by atoms with Crippen molar-refractivity contribution in [3.8, 4) is 11.8 Å². The fourth-order valence-corrected chi connectivity index (χ4v) is 3.45. The lowest BCUT2D eigenvalue weighted by atomic mass is 10.2. The molecule has 1 aromatic heterocycles. The highest BCUT2D eigenvalue weighted by Crippen LogP contribution is 2.34. The summed E-state index contributed by atoms with van der Waals surface area (Å²) in [5.74, 6) is -0.797. The molecule has 0 aliphatic carbocycles. The summed E-state index contributed by atoms with van der Waals surface area (Å²) in [6.45, 7) is 0. The third-order valence-corrected chi connectivity index (χ3v) is 4.84. The van der Waals surface area contributed by atoms with Crippen LogP contribution >= 0.6 is 0 Å². The van der Waals surface area contributed by atoms with Gasteiger partial charge in [0.05, 0.1) is 28.5 Å². The molecule has 0 radical (unpaired) electrons. The Kier molecular flexibility index (Phi) is 5.18. The zero-order chi connectivity index (χ0) is 20.4. The summed E-state index contributed by atoms with van der Waals surface area (Å²) in [4.78, 5) is 6.49. The molecule has 0 aliphatic rings. The van der Waals surface area contributed by atoms with Crippen LogP contribution in [0.4, 0.5) is 23.2 Å². The summed E-state index contributed by atoms with van der Waals surface area (Å²) in [6.07, 6.45) is -2.88. The average Bonchev–Trinajstić information content (AvgIpc) is 2.64. The van der Waals surface area contributed by atoms with Crippen LogP contribution in [0.3, 0.4) is 0 Å². The van der Waals surface area contributed by atoms with E-state index < -0.39 is 32.5 Å². The number of rotatable bonds is 5. The van der Waals surface area contributed by atoms with Gasteiger partial charge in [0.1, 0.15) is 0 Å². The van der Waals surface area contributed by atoms with Crippen LogP contribution in [0, 0.1) is 5.82 Å². The van der Waals surface area contributed by atoms with E-state index in [2.05, 4.69) is 9.97 Å². The number of aromatic nitrogens is 2. The number of sulfonamides is 1. The van der Waals surface area contributed by atoms with E-state index in [0.29, 0.717) is 6.07 Å². The molecule has 0 saturated carbocycles. The highest BCUT2D eigenvalue weighted by molar-refractivity contribution is 7.92. The number of nitrogens with one attached hydrogen (secondary N) is 1. The zero-order valence-electron chi connectivity index (χ0n) is 13.8. The van der Waals surface area contributed by atoms with Gasteiger partial charge in [0, 0.05) is 0 Å². The quantitative estimate of drug-likeness (QED) is 0.634. The first-order valence-electron chi connectivity index (χ1n) is 7.60. The Morgan fingerprint density at radius 3 is 2.18 bits per heavy atom. The highest BCUT2D eigenvalue weighted by Gasteiger charge is 2.36. The summed E-state index contributed by atoms with van der Waals surface area (Å²) in [5, 5.41) is 0. The van der Waals surface area contributed by atoms with Gasteiger partial charge in [-0.2, -0.15) is 13.2 Å². The zero-order valence-corrected chi connectivity index (χ0v) is 14.6. The molecule has 0 saturated heterocycles. The number of hydrogen-bond donors (Lipinski definition) is 1. The molecular weight excluding hydrogens is 402 g/mol. The van der Waals surface area contributed by atoms with Gasteiger partial charge >= 0.3 is 12.2 Å². The smallest absolute Gasteiger partial charge is 0.417 e. The SMILES string of the molecule is O=S(=O)(Nc1cnc(Oc2ccccc2F)nc1)c1ccccc1C(F)(F)F. The standard InChI is InChI=1S/C17H11F4N3O3S/c18-13-6-2-3-7-14(13)27-16-22-9-11(10-23-16)24-28(25,26)15-8-4-1-5-12(15)17(19,20)21/h1-10,24H. The van der Waals surface area contributed by atoms with Crippen LogP contribution in [-0.2, 0) is 16.2 Å². The first kappa shape index (κ1) is 19.5. The predicted molar refractivity (Wildman–Crippen MR) is 90.8 cm³/mol. The molecule has 0 amide bonds. The molecule has 0 fully saturated rings. The Labute approximate surface area is 156 Å². The van der Waals surface area contributed by atoms with Gasteiger partial charge in [0.2, 0.25) is 0 Å². The molecule has 0 aliphatic heterocycles. The molecule has 6 nitrogen and oxygen atoms in total. The second-order valence-electron chi connectivity index (χ2n) is 5.39. The molecular formula is C17H11F4N3O3S. The molecule has 11 heteroatoms. The van der Waals surface area contributed by atoms with Crippen molar-refractivity contribution in [1.29, 1.82) is 0 Å². The first-order valence-corrected chi connectivity index (χ1v) is 9.08. The van der Waals surface area contributed by atoms with Crippen molar-refractivity contribution >= 4 is 15.7 Å². The average molecular weight is 413 g/mol. The third-order valence-electron chi connectivity index (χ3n) is 3.40. The lowest BCUT2D eigenvalue weighted by molar-refractivity contribution is -0.139. The van der Waals surface area contributed by atoms with Crippen molar-refractivity contribution in [3.63, 3.8) is 0 Å². The minimum absolute atomic E-state index is 0.144. The van der Waals surface area contributed by atoms with Crippen molar-refractivity contribution < 1.29 is 30.7 Å². The Bertz CT molecular complexity index is 1090. The Morgan fingerprint density at radius 1 is 0.929 bits per heavy atom. The van der Waals surface area contributed by atoms with E-state index in [1.54, 1.807) is 0 Å². The lowest BCUT2D eigenvalue weighted by Crippen LogP contribution is -2.19. The molecule has 146 valence electrons. The molecule has 1 heterocycles. The molecule has 2 aromatic carbocycles. The predicted octanol–water partition coefficient (Wildman–Crippen LogP) is 4.23. The van der Waals surface area contributed by atoms with Crippen molar-refractivity contribution in [2.75, 3.05) is 4.72 Å². The van der Waals surface area contributed by atoms with Crippen LogP contribution in [-0.4, -0.2) is 18.4 Å². The minimum atomic E-state index is -4.85. The van der Waals surface area contributed by atoms with Crippen LogP contribution in [0.5, 0.6) is 11.8 Å². The highest BCUT2D eigenvalue weighted by atomic mass is 32.2. The summed E-state index contributed by atoms with van der Waals surface area (Å²) in [5.41, 5.74) is -1.50. The maximum atomic E-state index is 13.5. The molecule has 0 bridgehead atoms. The third kappa shape index (κ3) is 4.36.